The average Bonchev–Trinajstić information content (AvgIpc) is 3.11. The fourth-order valence-corrected chi connectivity index (χ4v) is 6.83. The van der Waals surface area contributed by atoms with Crippen LogP contribution in [-0.4, -0.2) is 27.0 Å². The molecule has 0 spiro atoms. The molecule has 0 aromatic heterocycles. The van der Waals surface area contributed by atoms with Gasteiger partial charge in [-0.1, -0.05) is 13.8 Å². The largest absolute Gasteiger partial charge is 0.426 e. The summed E-state index contributed by atoms with van der Waals surface area (Å²) >= 11 is 3.90. The van der Waals surface area contributed by atoms with Gasteiger partial charge in [0.15, 0.2) is 0 Å². The molecule has 1 saturated heterocycles. The van der Waals surface area contributed by atoms with Gasteiger partial charge in [0.05, 0.1) is 15.4 Å². The van der Waals surface area contributed by atoms with Gasteiger partial charge in [0.25, 0.3) is 5.69 Å². The quantitative estimate of drug-likeness (QED) is 0.353. The van der Waals surface area contributed by atoms with E-state index in [1.54, 1.807) is 0 Å². The molecule has 1 saturated carbocycles. The van der Waals surface area contributed by atoms with E-state index in [0.29, 0.717) is 16.2 Å². The molecule has 3 rings (SSSR count). The molecule has 0 N–H and O–H groups in total. The Balaban J connectivity index is 1.65. The Morgan fingerprint density at radius 3 is 2.43 bits per heavy atom. The smallest absolute Gasteiger partial charge is 0.315 e. The molecule has 0 amide bonds. The zero-order valence-corrected chi connectivity index (χ0v) is 14.7. The lowest BCUT2D eigenvalue weighted by Crippen LogP contribution is -2.16. The third-order valence-electron chi connectivity index (χ3n) is 4.58. The lowest BCUT2D eigenvalue weighted by Gasteiger charge is -2.22. The van der Waals surface area contributed by atoms with E-state index in [-0.39, 0.29) is 23.0 Å². The van der Waals surface area contributed by atoms with Crippen molar-refractivity contribution < 1.29 is 14.5 Å². The van der Waals surface area contributed by atoms with Crippen molar-refractivity contribution in [2.24, 2.45) is 17.3 Å². The number of hydrogen-bond acceptors (Lipinski definition) is 6. The van der Waals surface area contributed by atoms with E-state index in [1.165, 1.54) is 30.7 Å². The van der Waals surface area contributed by atoms with Gasteiger partial charge in [-0.2, -0.15) is 0 Å². The molecule has 2 atom stereocenters. The molecule has 0 bridgehead atoms. The molecular weight excluding hydrogens is 334 g/mol. The molecule has 23 heavy (non-hydrogen) atoms. The summed E-state index contributed by atoms with van der Waals surface area (Å²) in [5.74, 6) is 2.71. The number of benzene rings is 1. The molecular formula is C16H19NO4S2. The Bertz CT molecular complexity index is 611. The van der Waals surface area contributed by atoms with E-state index >= 15 is 0 Å². The summed E-state index contributed by atoms with van der Waals surface area (Å²) in [6.45, 7) is 4.24. The summed E-state index contributed by atoms with van der Waals surface area (Å²) in [6.07, 6.45) is 1.23. The normalized spacial score (nSPS) is 26.5. The lowest BCUT2D eigenvalue weighted by molar-refractivity contribution is -0.384. The molecule has 1 aliphatic heterocycles. The number of ether oxygens (including phenoxy) is 1. The van der Waals surface area contributed by atoms with Crippen LogP contribution in [0.15, 0.2) is 24.3 Å². The SMILES string of the molecule is CC1(C)[C@H](C(=O)Oc2ccc([N+](=O)[O-])cc2)[C@@H]1C1SCCCS1. The monoisotopic (exact) mass is 353 g/mol. The summed E-state index contributed by atoms with van der Waals surface area (Å²) in [5, 5.41) is 10.6. The van der Waals surface area contributed by atoms with Crippen LogP contribution in [0, 0.1) is 27.4 Å². The number of esters is 1. The van der Waals surface area contributed by atoms with E-state index in [1.807, 2.05) is 23.5 Å². The van der Waals surface area contributed by atoms with Crippen LogP contribution in [0.1, 0.15) is 20.3 Å². The van der Waals surface area contributed by atoms with Gasteiger partial charge >= 0.3 is 5.97 Å². The third kappa shape index (κ3) is 3.35. The zero-order chi connectivity index (χ0) is 16.6. The highest BCUT2D eigenvalue weighted by Crippen LogP contribution is 2.65. The minimum atomic E-state index is -0.469. The standard InChI is InChI=1S/C16H19NO4S2/c1-16(2)12(13(16)15-22-8-3-9-23-15)14(18)21-11-6-4-10(5-7-11)17(19)20/h4-7,12-13,15H,3,8-9H2,1-2H3/t12-,13+/m0/s1. The van der Waals surface area contributed by atoms with E-state index < -0.39 is 4.92 Å². The van der Waals surface area contributed by atoms with Crippen LogP contribution >= 0.6 is 23.5 Å². The minimum absolute atomic E-state index is 0.00978. The predicted molar refractivity (Wildman–Crippen MR) is 92.8 cm³/mol. The number of nitro benzene ring substituents is 1. The van der Waals surface area contributed by atoms with Crippen molar-refractivity contribution in [3.63, 3.8) is 0 Å². The van der Waals surface area contributed by atoms with Gasteiger partial charge < -0.3 is 4.74 Å². The molecule has 2 aliphatic rings. The number of carbonyl (C=O) groups is 1. The Kier molecular flexibility index (Phi) is 4.60. The molecule has 5 nitrogen and oxygen atoms in total. The number of nitrogens with zero attached hydrogens (tertiary/aromatic N) is 1. The summed E-state index contributed by atoms with van der Waals surface area (Å²) in [5.41, 5.74) is -0.0516. The van der Waals surface area contributed by atoms with Crippen molar-refractivity contribution in [3.8, 4) is 5.75 Å². The Hall–Kier alpha value is -1.21. The predicted octanol–water partition coefficient (Wildman–Crippen LogP) is 3.97. The second kappa shape index (κ2) is 6.36. The molecule has 1 heterocycles. The summed E-state index contributed by atoms with van der Waals surface area (Å²) in [6, 6.07) is 5.66. The first-order chi connectivity index (χ1) is 10.9. The number of non-ortho nitro benzene ring substituents is 1. The lowest BCUT2D eigenvalue weighted by atomic mass is 10.1. The van der Waals surface area contributed by atoms with Gasteiger partial charge in [-0.05, 0) is 41.4 Å². The summed E-state index contributed by atoms with van der Waals surface area (Å²) in [4.78, 5) is 22.7. The van der Waals surface area contributed by atoms with Crippen LogP contribution in [0.5, 0.6) is 5.75 Å². The van der Waals surface area contributed by atoms with Gasteiger partial charge in [-0.25, -0.2) is 0 Å². The summed E-state index contributed by atoms with van der Waals surface area (Å²) in [7, 11) is 0. The second-order valence-electron chi connectivity index (χ2n) is 6.46. The molecule has 2 fully saturated rings. The van der Waals surface area contributed by atoms with E-state index in [2.05, 4.69) is 13.8 Å². The van der Waals surface area contributed by atoms with Gasteiger partial charge in [-0.3, -0.25) is 14.9 Å². The van der Waals surface area contributed by atoms with Crippen LogP contribution < -0.4 is 4.74 Å². The fourth-order valence-electron chi connectivity index (χ4n) is 3.16. The first-order valence-electron chi connectivity index (χ1n) is 7.60. The maximum Gasteiger partial charge on any atom is 0.315 e. The Morgan fingerprint density at radius 2 is 1.87 bits per heavy atom. The van der Waals surface area contributed by atoms with Crippen LogP contribution in [0.4, 0.5) is 5.69 Å². The number of hydrogen-bond donors (Lipinski definition) is 0. The highest BCUT2D eigenvalue weighted by molar-refractivity contribution is 8.17. The maximum absolute atomic E-state index is 12.5. The highest BCUT2D eigenvalue weighted by atomic mass is 32.2. The molecule has 124 valence electrons. The van der Waals surface area contributed by atoms with Crippen LogP contribution in [0.2, 0.25) is 0 Å². The van der Waals surface area contributed by atoms with Crippen LogP contribution in [-0.2, 0) is 4.79 Å². The van der Waals surface area contributed by atoms with Crippen molar-refractivity contribution in [3.05, 3.63) is 34.4 Å². The topological polar surface area (TPSA) is 69.4 Å². The van der Waals surface area contributed by atoms with E-state index in [0.717, 1.165) is 11.5 Å². The fraction of sp³-hybridized carbons (Fsp3) is 0.562. The summed E-state index contributed by atoms with van der Waals surface area (Å²) < 4.78 is 5.92. The minimum Gasteiger partial charge on any atom is -0.426 e. The first-order valence-corrected chi connectivity index (χ1v) is 9.70. The van der Waals surface area contributed by atoms with Gasteiger partial charge in [0, 0.05) is 12.1 Å². The first kappa shape index (κ1) is 16.6. The Morgan fingerprint density at radius 1 is 1.26 bits per heavy atom. The number of thioether (sulfide) groups is 2. The zero-order valence-electron chi connectivity index (χ0n) is 13.1. The van der Waals surface area contributed by atoms with Gasteiger partial charge in [0.2, 0.25) is 0 Å². The number of carbonyl (C=O) groups excluding carboxylic acids is 1. The van der Waals surface area contributed by atoms with Crippen molar-refractivity contribution in [2.45, 2.75) is 24.9 Å². The second-order valence-corrected chi connectivity index (χ2v) is 9.26. The number of rotatable bonds is 4. The van der Waals surface area contributed by atoms with Crippen molar-refractivity contribution in [1.29, 1.82) is 0 Å². The van der Waals surface area contributed by atoms with Crippen LogP contribution in [0.3, 0.4) is 0 Å². The van der Waals surface area contributed by atoms with Gasteiger partial charge in [0.1, 0.15) is 5.75 Å². The molecule has 1 aromatic rings. The molecule has 7 heteroatoms. The molecule has 1 aliphatic carbocycles. The average molecular weight is 353 g/mol. The molecule has 0 unspecified atom stereocenters. The van der Waals surface area contributed by atoms with Crippen LogP contribution in [0.25, 0.3) is 0 Å². The molecule has 1 aromatic carbocycles. The number of nitro groups is 1. The van der Waals surface area contributed by atoms with Crippen molar-refractivity contribution in [1.82, 2.24) is 0 Å². The Labute approximate surface area is 143 Å². The van der Waals surface area contributed by atoms with Crippen molar-refractivity contribution in [2.75, 3.05) is 11.5 Å². The highest BCUT2D eigenvalue weighted by Gasteiger charge is 2.65. The third-order valence-corrected chi connectivity index (χ3v) is 7.69. The van der Waals surface area contributed by atoms with Gasteiger partial charge in [-0.15, -0.1) is 23.5 Å². The van der Waals surface area contributed by atoms with E-state index in [4.69, 9.17) is 4.74 Å². The maximum atomic E-state index is 12.5. The molecule has 0 radical (unpaired) electrons. The van der Waals surface area contributed by atoms with Crippen molar-refractivity contribution >= 4 is 35.2 Å². The van der Waals surface area contributed by atoms with E-state index in [9.17, 15) is 14.9 Å².